The van der Waals surface area contributed by atoms with E-state index in [0.717, 1.165) is 0 Å². The van der Waals surface area contributed by atoms with Crippen LogP contribution in [0.4, 0.5) is 5.69 Å². The molecular weight excluding hydrogens is 258 g/mol. The number of rotatable bonds is 3. The smallest absolute Gasteiger partial charge is 0.339 e. The van der Waals surface area contributed by atoms with Crippen LogP contribution in [0.1, 0.15) is 23.7 Å². The fourth-order valence-electron chi connectivity index (χ4n) is 2.47. The first-order valence-electron chi connectivity index (χ1n) is 6.62. The van der Waals surface area contributed by atoms with E-state index in [2.05, 4.69) is 0 Å². The summed E-state index contributed by atoms with van der Waals surface area (Å²) < 4.78 is 10.2. The van der Waals surface area contributed by atoms with E-state index < -0.39 is 5.97 Å². The molecule has 0 aromatic heterocycles. The van der Waals surface area contributed by atoms with E-state index in [-0.39, 0.29) is 17.9 Å². The van der Waals surface area contributed by atoms with Crippen molar-refractivity contribution in [2.45, 2.75) is 19.4 Å². The average molecular weight is 277 g/mol. The highest BCUT2D eigenvalue weighted by Gasteiger charge is 2.34. The van der Waals surface area contributed by atoms with Crippen molar-refractivity contribution in [2.24, 2.45) is 5.92 Å². The lowest BCUT2D eigenvalue weighted by atomic mass is 10.0. The molecule has 0 saturated carbocycles. The summed E-state index contributed by atoms with van der Waals surface area (Å²) in [6.45, 7) is 2.50. The van der Waals surface area contributed by atoms with E-state index in [0.29, 0.717) is 24.3 Å². The molecule has 0 aliphatic carbocycles. The van der Waals surface area contributed by atoms with Crippen LogP contribution in [-0.2, 0) is 14.3 Å². The van der Waals surface area contributed by atoms with Crippen molar-refractivity contribution < 1.29 is 19.1 Å². The van der Waals surface area contributed by atoms with Crippen molar-refractivity contribution >= 4 is 17.6 Å². The number of methoxy groups -OCH3 is 1. The zero-order valence-corrected chi connectivity index (χ0v) is 12.0. The molecule has 5 heteroatoms. The van der Waals surface area contributed by atoms with Gasteiger partial charge in [-0.25, -0.2) is 4.79 Å². The van der Waals surface area contributed by atoms with E-state index in [4.69, 9.17) is 9.47 Å². The molecule has 1 aliphatic rings. The van der Waals surface area contributed by atoms with Gasteiger partial charge < -0.3 is 14.4 Å². The van der Waals surface area contributed by atoms with Crippen LogP contribution < -0.4 is 4.90 Å². The summed E-state index contributed by atoms with van der Waals surface area (Å²) in [5.74, 6) is -0.645. The summed E-state index contributed by atoms with van der Waals surface area (Å²) >= 11 is 0. The van der Waals surface area contributed by atoms with Crippen molar-refractivity contribution in [1.82, 2.24) is 0 Å². The summed E-state index contributed by atoms with van der Waals surface area (Å²) in [7, 11) is 3.00. The molecule has 5 nitrogen and oxygen atoms in total. The van der Waals surface area contributed by atoms with Gasteiger partial charge >= 0.3 is 5.97 Å². The molecule has 0 bridgehead atoms. The van der Waals surface area contributed by atoms with Gasteiger partial charge in [-0.05, 0) is 25.5 Å². The zero-order valence-electron chi connectivity index (χ0n) is 12.0. The van der Waals surface area contributed by atoms with Crippen molar-refractivity contribution in [3.63, 3.8) is 0 Å². The van der Waals surface area contributed by atoms with Gasteiger partial charge in [0.15, 0.2) is 0 Å². The van der Waals surface area contributed by atoms with Gasteiger partial charge in [0.25, 0.3) is 0 Å². The third-order valence-corrected chi connectivity index (χ3v) is 3.69. The largest absolute Gasteiger partial charge is 0.465 e. The number of carbonyl (C=O) groups excluding carboxylic acids is 2. The first-order chi connectivity index (χ1) is 9.56. The molecule has 0 N–H and O–H groups in total. The molecule has 1 aromatic rings. The number of esters is 1. The maximum Gasteiger partial charge on any atom is 0.339 e. The Morgan fingerprint density at radius 3 is 2.65 bits per heavy atom. The van der Waals surface area contributed by atoms with Gasteiger partial charge in [-0.15, -0.1) is 0 Å². The topological polar surface area (TPSA) is 55.8 Å². The molecule has 108 valence electrons. The Morgan fingerprint density at radius 1 is 1.35 bits per heavy atom. The van der Waals surface area contributed by atoms with Gasteiger partial charge in [0.2, 0.25) is 5.91 Å². The van der Waals surface area contributed by atoms with Crippen LogP contribution in [0.5, 0.6) is 0 Å². The highest BCUT2D eigenvalue weighted by molar-refractivity contribution is 6.03. The normalized spacial score (nSPS) is 21.6. The Bertz CT molecular complexity index is 514. The Labute approximate surface area is 118 Å². The fraction of sp³-hybridized carbons (Fsp3) is 0.467. The summed E-state index contributed by atoms with van der Waals surface area (Å²) in [4.78, 5) is 25.8. The lowest BCUT2D eigenvalue weighted by molar-refractivity contribution is -0.123. The highest BCUT2D eigenvalue weighted by atomic mass is 16.5. The van der Waals surface area contributed by atoms with Crippen LogP contribution in [0.15, 0.2) is 24.3 Å². The number of benzene rings is 1. The number of carbonyl (C=O) groups is 2. The second-order valence-electron chi connectivity index (χ2n) is 4.88. The first kappa shape index (κ1) is 14.5. The predicted molar refractivity (Wildman–Crippen MR) is 74.7 cm³/mol. The monoisotopic (exact) mass is 277 g/mol. The Morgan fingerprint density at radius 2 is 2.05 bits per heavy atom. The molecule has 1 aromatic carbocycles. The second kappa shape index (κ2) is 6.05. The quantitative estimate of drug-likeness (QED) is 0.791. The van der Waals surface area contributed by atoms with Crippen molar-refractivity contribution in [2.75, 3.05) is 25.7 Å². The fourth-order valence-corrected chi connectivity index (χ4v) is 2.47. The summed E-state index contributed by atoms with van der Waals surface area (Å²) in [6.07, 6.45) is 0.625. The molecular formula is C15H19NO4. The minimum absolute atomic E-state index is 0.0358. The van der Waals surface area contributed by atoms with Crippen LogP contribution in [0.25, 0.3) is 0 Å². The average Bonchev–Trinajstić information content (AvgIpc) is 2.91. The number of nitrogens with zero attached hydrogens (tertiary/aromatic N) is 1. The summed E-state index contributed by atoms with van der Waals surface area (Å²) in [5, 5.41) is 0. The van der Waals surface area contributed by atoms with Crippen molar-refractivity contribution in [3.05, 3.63) is 29.8 Å². The van der Waals surface area contributed by atoms with Crippen molar-refractivity contribution in [3.8, 4) is 0 Å². The second-order valence-corrected chi connectivity index (χ2v) is 4.88. The molecule has 2 unspecified atom stereocenters. The maximum absolute atomic E-state index is 12.5. The molecule has 1 fully saturated rings. The van der Waals surface area contributed by atoms with E-state index in [9.17, 15) is 9.59 Å². The predicted octanol–water partition coefficient (Wildman–Crippen LogP) is 1.86. The molecule has 1 aliphatic heterocycles. The van der Waals surface area contributed by atoms with E-state index >= 15 is 0 Å². The van der Waals surface area contributed by atoms with Gasteiger partial charge in [0.05, 0.1) is 30.4 Å². The number of para-hydroxylation sites is 1. The van der Waals surface area contributed by atoms with Crippen LogP contribution in [-0.4, -0.2) is 38.7 Å². The number of ether oxygens (including phenoxy) is 2. The Balaban J connectivity index is 2.27. The standard InChI is InChI=1S/C15H19NO4/c1-10-11(8-9-20-10)14(17)16(2)13-7-5-4-6-12(13)15(18)19-3/h4-7,10-11H,8-9H2,1-3H3. The van der Waals surface area contributed by atoms with Crippen LogP contribution in [0.2, 0.25) is 0 Å². The number of amides is 1. The lowest BCUT2D eigenvalue weighted by Crippen LogP contribution is -2.36. The minimum atomic E-state index is -0.448. The number of hydrogen-bond donors (Lipinski definition) is 0. The summed E-state index contributed by atoms with van der Waals surface area (Å²) in [5.41, 5.74) is 0.945. The molecule has 1 amide bonds. The minimum Gasteiger partial charge on any atom is -0.465 e. The molecule has 2 atom stereocenters. The number of hydrogen-bond acceptors (Lipinski definition) is 4. The van der Waals surface area contributed by atoms with Gasteiger partial charge in [0.1, 0.15) is 0 Å². The highest BCUT2D eigenvalue weighted by Crippen LogP contribution is 2.27. The SMILES string of the molecule is COC(=O)c1ccccc1N(C)C(=O)C1CCOC1C. The van der Waals surface area contributed by atoms with Gasteiger partial charge in [-0.1, -0.05) is 12.1 Å². The van der Waals surface area contributed by atoms with Crippen LogP contribution in [0.3, 0.4) is 0 Å². The first-order valence-corrected chi connectivity index (χ1v) is 6.62. The maximum atomic E-state index is 12.5. The molecule has 0 radical (unpaired) electrons. The Kier molecular flexibility index (Phi) is 4.39. The van der Waals surface area contributed by atoms with Gasteiger partial charge in [-0.3, -0.25) is 4.79 Å². The third kappa shape index (κ3) is 2.67. The van der Waals surface area contributed by atoms with Gasteiger partial charge in [0, 0.05) is 13.7 Å². The van der Waals surface area contributed by atoms with E-state index in [1.54, 1.807) is 31.3 Å². The number of anilines is 1. The molecule has 1 saturated heterocycles. The van der Waals surface area contributed by atoms with E-state index in [1.165, 1.54) is 12.0 Å². The van der Waals surface area contributed by atoms with Crippen molar-refractivity contribution in [1.29, 1.82) is 0 Å². The van der Waals surface area contributed by atoms with E-state index in [1.807, 2.05) is 6.92 Å². The molecule has 20 heavy (non-hydrogen) atoms. The summed E-state index contributed by atoms with van der Waals surface area (Å²) in [6, 6.07) is 6.93. The van der Waals surface area contributed by atoms with Crippen LogP contribution >= 0.6 is 0 Å². The third-order valence-electron chi connectivity index (χ3n) is 3.69. The Hall–Kier alpha value is -1.88. The molecule has 2 rings (SSSR count). The zero-order chi connectivity index (χ0) is 14.7. The lowest BCUT2D eigenvalue weighted by Gasteiger charge is -2.24. The van der Waals surface area contributed by atoms with Crippen LogP contribution in [0, 0.1) is 5.92 Å². The molecule has 1 heterocycles. The van der Waals surface area contributed by atoms with Gasteiger partial charge in [-0.2, -0.15) is 0 Å². The molecule has 0 spiro atoms.